The van der Waals surface area contributed by atoms with Crippen molar-refractivity contribution >= 4 is 22.6 Å². The van der Waals surface area contributed by atoms with Crippen LogP contribution >= 0.6 is 0 Å². The number of aromatic amines is 1. The van der Waals surface area contributed by atoms with Crippen LogP contribution in [0.2, 0.25) is 0 Å². The Morgan fingerprint density at radius 1 is 0.913 bits per heavy atom. The van der Waals surface area contributed by atoms with E-state index in [2.05, 4.69) is 26.0 Å². The van der Waals surface area contributed by atoms with Crippen LogP contribution in [0, 0.1) is 0 Å². The second-order valence-corrected chi connectivity index (χ2v) is 4.59. The van der Waals surface area contributed by atoms with E-state index in [1.165, 1.54) is 24.5 Å². The van der Waals surface area contributed by atoms with E-state index in [9.17, 15) is 14.4 Å². The average molecular weight is 309 g/mol. The molecule has 0 fully saturated rings. The maximum absolute atomic E-state index is 12.2. The van der Waals surface area contributed by atoms with Gasteiger partial charge in [-0.1, -0.05) is 18.2 Å². The maximum Gasteiger partial charge on any atom is 0.290 e. The van der Waals surface area contributed by atoms with Gasteiger partial charge in [-0.25, -0.2) is 5.10 Å². The molecule has 3 aromatic rings. The second-order valence-electron chi connectivity index (χ2n) is 4.59. The molecule has 0 bridgehead atoms. The predicted molar refractivity (Wildman–Crippen MR) is 81.5 cm³/mol. The summed E-state index contributed by atoms with van der Waals surface area (Å²) < 4.78 is 0. The fourth-order valence-electron chi connectivity index (χ4n) is 2.04. The number of amides is 2. The molecule has 1 aromatic carbocycles. The van der Waals surface area contributed by atoms with Crippen LogP contribution in [0.5, 0.6) is 0 Å². The lowest BCUT2D eigenvalue weighted by Crippen LogP contribution is -2.42. The zero-order valence-electron chi connectivity index (χ0n) is 11.7. The van der Waals surface area contributed by atoms with Gasteiger partial charge in [0.2, 0.25) is 0 Å². The van der Waals surface area contributed by atoms with Crippen molar-refractivity contribution in [2.75, 3.05) is 0 Å². The molecule has 0 saturated carbocycles. The van der Waals surface area contributed by atoms with Crippen molar-refractivity contribution in [2.45, 2.75) is 0 Å². The predicted octanol–water partition coefficient (Wildman–Crippen LogP) is 0.393. The van der Waals surface area contributed by atoms with Gasteiger partial charge in [0.1, 0.15) is 0 Å². The molecule has 3 rings (SSSR count). The van der Waals surface area contributed by atoms with Crippen molar-refractivity contribution in [3.63, 3.8) is 0 Å². The van der Waals surface area contributed by atoms with Gasteiger partial charge < -0.3 is 0 Å². The molecule has 2 heterocycles. The van der Waals surface area contributed by atoms with Crippen LogP contribution in [0.15, 0.2) is 53.6 Å². The molecule has 2 amide bonds. The molecule has 23 heavy (non-hydrogen) atoms. The maximum atomic E-state index is 12.2. The van der Waals surface area contributed by atoms with Crippen molar-refractivity contribution in [3.8, 4) is 0 Å². The summed E-state index contributed by atoms with van der Waals surface area (Å²) in [6.45, 7) is 0. The van der Waals surface area contributed by atoms with E-state index in [0.29, 0.717) is 16.3 Å². The highest BCUT2D eigenvalue weighted by molar-refractivity contribution is 6.05. The number of aromatic nitrogens is 3. The number of H-pyrrole nitrogens is 1. The first-order valence-corrected chi connectivity index (χ1v) is 6.65. The summed E-state index contributed by atoms with van der Waals surface area (Å²) >= 11 is 0. The van der Waals surface area contributed by atoms with Crippen molar-refractivity contribution in [3.05, 3.63) is 70.4 Å². The molecule has 114 valence electrons. The molecule has 8 heteroatoms. The first kappa shape index (κ1) is 14.4. The third-order valence-electron chi connectivity index (χ3n) is 3.14. The Labute approximate surface area is 129 Å². The number of fused-ring (bicyclic) bond motifs is 1. The van der Waals surface area contributed by atoms with E-state index in [0.717, 1.165) is 0 Å². The molecule has 0 aliphatic carbocycles. The number of hydrazine groups is 1. The van der Waals surface area contributed by atoms with E-state index < -0.39 is 17.4 Å². The van der Waals surface area contributed by atoms with Crippen LogP contribution in [0.4, 0.5) is 0 Å². The molecule has 0 atom stereocenters. The highest BCUT2D eigenvalue weighted by Crippen LogP contribution is 2.11. The third kappa shape index (κ3) is 2.91. The van der Waals surface area contributed by atoms with E-state index in [1.807, 2.05) is 0 Å². The third-order valence-corrected chi connectivity index (χ3v) is 3.14. The minimum atomic E-state index is -0.639. The molecule has 0 unspecified atom stereocenters. The molecule has 8 nitrogen and oxygen atoms in total. The van der Waals surface area contributed by atoms with Gasteiger partial charge in [-0.3, -0.25) is 30.2 Å². The lowest BCUT2D eigenvalue weighted by molar-refractivity contribution is 0.0844. The summed E-state index contributed by atoms with van der Waals surface area (Å²) in [5, 5.41) is 6.74. The summed E-state index contributed by atoms with van der Waals surface area (Å²) in [4.78, 5) is 39.5. The van der Waals surface area contributed by atoms with Gasteiger partial charge >= 0.3 is 0 Å². The van der Waals surface area contributed by atoms with E-state index in [-0.39, 0.29) is 5.69 Å². The molecule has 2 aromatic heterocycles. The Morgan fingerprint density at radius 2 is 1.57 bits per heavy atom. The summed E-state index contributed by atoms with van der Waals surface area (Å²) in [6, 6.07) is 9.59. The van der Waals surface area contributed by atoms with E-state index >= 15 is 0 Å². The number of hydrogen-bond acceptors (Lipinski definition) is 5. The number of benzene rings is 1. The van der Waals surface area contributed by atoms with Gasteiger partial charge in [-0.05, 0) is 18.2 Å². The van der Waals surface area contributed by atoms with Gasteiger partial charge in [0.05, 0.1) is 5.39 Å². The number of carbonyl (C=O) groups excluding carboxylic acids is 2. The normalized spacial score (nSPS) is 10.3. The summed E-state index contributed by atoms with van der Waals surface area (Å²) in [6.07, 6.45) is 2.93. The monoisotopic (exact) mass is 309 g/mol. The van der Waals surface area contributed by atoms with Crippen LogP contribution in [0.1, 0.15) is 20.8 Å². The number of rotatable bonds is 2. The Kier molecular flexibility index (Phi) is 3.79. The first-order valence-electron chi connectivity index (χ1n) is 6.65. The average Bonchev–Trinajstić information content (AvgIpc) is 2.60. The van der Waals surface area contributed by atoms with Crippen LogP contribution in [0.25, 0.3) is 10.8 Å². The molecule has 3 N–H and O–H groups in total. The Balaban J connectivity index is 1.81. The van der Waals surface area contributed by atoms with Crippen LogP contribution < -0.4 is 16.4 Å². The molecular formula is C15H11N5O3. The minimum absolute atomic E-state index is 0.00947. The molecular weight excluding hydrogens is 298 g/mol. The van der Waals surface area contributed by atoms with Gasteiger partial charge in [-0.2, -0.15) is 5.10 Å². The largest absolute Gasteiger partial charge is 0.290 e. The van der Waals surface area contributed by atoms with Crippen molar-refractivity contribution in [1.82, 2.24) is 26.0 Å². The summed E-state index contributed by atoms with van der Waals surface area (Å²) in [5.74, 6) is -1.13. The van der Waals surface area contributed by atoms with Gasteiger partial charge in [-0.15, -0.1) is 0 Å². The zero-order valence-corrected chi connectivity index (χ0v) is 11.7. The van der Waals surface area contributed by atoms with Crippen LogP contribution in [-0.4, -0.2) is 27.0 Å². The van der Waals surface area contributed by atoms with Gasteiger partial charge in [0.25, 0.3) is 17.4 Å². The Hall–Kier alpha value is -3.55. The van der Waals surface area contributed by atoms with E-state index in [1.54, 1.807) is 24.3 Å². The van der Waals surface area contributed by atoms with Crippen molar-refractivity contribution < 1.29 is 9.59 Å². The van der Waals surface area contributed by atoms with E-state index in [4.69, 9.17) is 0 Å². The molecule has 0 aliphatic heterocycles. The lowest BCUT2D eigenvalue weighted by Gasteiger charge is -2.08. The van der Waals surface area contributed by atoms with Crippen LogP contribution in [0.3, 0.4) is 0 Å². The Bertz CT molecular complexity index is 937. The molecule has 0 saturated heterocycles. The number of pyridine rings is 1. The van der Waals surface area contributed by atoms with Crippen LogP contribution in [-0.2, 0) is 0 Å². The molecule has 0 spiro atoms. The van der Waals surface area contributed by atoms with Crippen molar-refractivity contribution in [1.29, 1.82) is 0 Å². The number of nitrogens with zero attached hydrogens (tertiary/aromatic N) is 2. The SMILES string of the molecule is O=C(NNC(=O)c1n[nH]c(=O)c2ccccc12)c1ccncc1. The fourth-order valence-corrected chi connectivity index (χ4v) is 2.04. The quantitative estimate of drug-likeness (QED) is 0.592. The minimum Gasteiger partial charge on any atom is -0.267 e. The molecule has 0 radical (unpaired) electrons. The smallest absolute Gasteiger partial charge is 0.267 e. The summed E-state index contributed by atoms with van der Waals surface area (Å²) in [7, 11) is 0. The second kappa shape index (κ2) is 6.06. The topological polar surface area (TPSA) is 117 Å². The number of carbonyl (C=O) groups is 2. The highest BCUT2D eigenvalue weighted by atomic mass is 16.2. The van der Waals surface area contributed by atoms with Crippen molar-refractivity contribution in [2.24, 2.45) is 0 Å². The first-order chi connectivity index (χ1) is 11.2. The summed E-state index contributed by atoms with van der Waals surface area (Å²) in [5.41, 5.74) is 4.51. The standard InChI is InChI=1S/C15H11N5O3/c21-13(9-5-7-16-8-6-9)18-20-15(23)12-10-3-1-2-4-11(10)14(22)19-17-12/h1-8H,(H,18,21)(H,19,22)(H,20,23). The lowest BCUT2D eigenvalue weighted by atomic mass is 10.1. The number of hydrogen-bond donors (Lipinski definition) is 3. The molecule has 0 aliphatic rings. The zero-order chi connectivity index (χ0) is 16.2. The highest BCUT2D eigenvalue weighted by Gasteiger charge is 2.14. The Morgan fingerprint density at radius 3 is 2.30 bits per heavy atom. The van der Waals surface area contributed by atoms with Gasteiger partial charge in [0.15, 0.2) is 5.69 Å². The number of nitrogens with one attached hydrogen (secondary N) is 3. The van der Waals surface area contributed by atoms with Gasteiger partial charge in [0, 0.05) is 23.3 Å². The fraction of sp³-hybridized carbons (Fsp3) is 0.